The van der Waals surface area contributed by atoms with Crippen LogP contribution in [0.15, 0.2) is 54.6 Å². The first-order valence-corrected chi connectivity index (χ1v) is 9.53. The Morgan fingerprint density at radius 2 is 1.85 bits per heavy atom. The van der Waals surface area contributed by atoms with Crippen LogP contribution in [-0.2, 0) is 17.9 Å². The van der Waals surface area contributed by atoms with Gasteiger partial charge in [0.15, 0.2) is 10.6 Å². The second kappa shape index (κ2) is 8.77. The van der Waals surface area contributed by atoms with Gasteiger partial charge in [-0.1, -0.05) is 67.1 Å². The van der Waals surface area contributed by atoms with Crippen LogP contribution in [0.1, 0.15) is 24.5 Å². The SMILES string of the molecule is CCCN(Cc1ccccc1)C(=O)Cn1c(-c2ccc(C)cc2)n[nH]c1=S. The first-order valence-electron chi connectivity index (χ1n) is 9.12. The van der Waals surface area contributed by atoms with Crippen molar-refractivity contribution < 1.29 is 4.79 Å². The summed E-state index contributed by atoms with van der Waals surface area (Å²) in [5.41, 5.74) is 3.23. The van der Waals surface area contributed by atoms with Gasteiger partial charge in [0.2, 0.25) is 5.91 Å². The molecule has 1 aromatic heterocycles. The Bertz CT molecular complexity index is 944. The summed E-state index contributed by atoms with van der Waals surface area (Å²) in [6, 6.07) is 18.1. The van der Waals surface area contributed by atoms with E-state index in [-0.39, 0.29) is 12.5 Å². The number of aromatic nitrogens is 3. The molecule has 0 spiro atoms. The van der Waals surface area contributed by atoms with Crippen molar-refractivity contribution in [3.63, 3.8) is 0 Å². The summed E-state index contributed by atoms with van der Waals surface area (Å²) in [5, 5.41) is 7.15. The molecule has 2 aromatic carbocycles. The van der Waals surface area contributed by atoms with Gasteiger partial charge in [-0.15, -0.1) is 0 Å². The summed E-state index contributed by atoms with van der Waals surface area (Å²) >= 11 is 5.37. The standard InChI is InChI=1S/C21H24N4OS/c1-3-13-24(14-17-7-5-4-6-8-17)19(26)15-25-20(22-23-21(25)27)18-11-9-16(2)10-12-18/h4-12H,3,13-15H2,1-2H3,(H,23,27). The summed E-state index contributed by atoms with van der Waals surface area (Å²) in [6.45, 7) is 5.59. The van der Waals surface area contributed by atoms with Crippen LogP contribution in [0, 0.1) is 11.7 Å². The van der Waals surface area contributed by atoms with Crippen LogP contribution in [0.25, 0.3) is 11.4 Å². The van der Waals surface area contributed by atoms with Gasteiger partial charge in [-0.3, -0.25) is 14.5 Å². The molecule has 0 aliphatic carbocycles. The molecule has 1 N–H and O–H groups in total. The molecule has 0 bridgehead atoms. The average molecular weight is 381 g/mol. The predicted molar refractivity (Wildman–Crippen MR) is 110 cm³/mol. The van der Waals surface area contributed by atoms with Crippen molar-refractivity contribution in [1.29, 1.82) is 0 Å². The van der Waals surface area contributed by atoms with Crippen LogP contribution in [0.3, 0.4) is 0 Å². The Morgan fingerprint density at radius 1 is 1.15 bits per heavy atom. The third-order valence-electron chi connectivity index (χ3n) is 4.42. The van der Waals surface area contributed by atoms with Crippen molar-refractivity contribution in [2.45, 2.75) is 33.4 Å². The van der Waals surface area contributed by atoms with E-state index < -0.39 is 0 Å². The maximum Gasteiger partial charge on any atom is 0.242 e. The van der Waals surface area contributed by atoms with Crippen LogP contribution in [-0.4, -0.2) is 32.1 Å². The minimum absolute atomic E-state index is 0.0339. The number of H-pyrrole nitrogens is 1. The van der Waals surface area contributed by atoms with Gasteiger partial charge >= 0.3 is 0 Å². The van der Waals surface area contributed by atoms with Crippen molar-refractivity contribution >= 4 is 18.1 Å². The quantitative estimate of drug-likeness (QED) is 0.620. The number of hydrogen-bond acceptors (Lipinski definition) is 3. The Hall–Kier alpha value is -2.73. The lowest BCUT2D eigenvalue weighted by Gasteiger charge is -2.23. The van der Waals surface area contributed by atoms with Gasteiger partial charge in [0.1, 0.15) is 6.54 Å². The first-order chi connectivity index (χ1) is 13.1. The highest BCUT2D eigenvalue weighted by molar-refractivity contribution is 7.71. The van der Waals surface area contributed by atoms with Crippen LogP contribution in [0.4, 0.5) is 0 Å². The zero-order valence-corrected chi connectivity index (χ0v) is 16.5. The van der Waals surface area contributed by atoms with Crippen molar-refractivity contribution in [3.05, 3.63) is 70.5 Å². The molecule has 0 aliphatic rings. The van der Waals surface area contributed by atoms with Gasteiger partial charge in [-0.05, 0) is 31.1 Å². The van der Waals surface area contributed by atoms with E-state index in [0.29, 0.717) is 23.7 Å². The number of nitrogens with zero attached hydrogens (tertiary/aromatic N) is 3. The smallest absolute Gasteiger partial charge is 0.242 e. The molecule has 3 rings (SSSR count). The summed E-state index contributed by atoms with van der Waals surface area (Å²) in [7, 11) is 0. The van der Waals surface area contributed by atoms with E-state index in [4.69, 9.17) is 12.2 Å². The molecule has 0 atom stereocenters. The molecule has 0 saturated carbocycles. The van der Waals surface area contributed by atoms with Crippen LogP contribution in [0.2, 0.25) is 0 Å². The number of benzene rings is 2. The Kier molecular flexibility index (Phi) is 6.19. The van der Waals surface area contributed by atoms with E-state index in [2.05, 4.69) is 17.1 Å². The molecule has 1 heterocycles. The topological polar surface area (TPSA) is 53.9 Å². The molecule has 140 valence electrons. The lowest BCUT2D eigenvalue weighted by Crippen LogP contribution is -2.34. The number of amides is 1. The van der Waals surface area contributed by atoms with Gasteiger partial charge < -0.3 is 4.90 Å². The number of carbonyl (C=O) groups is 1. The molecular weight excluding hydrogens is 356 g/mol. The molecule has 0 unspecified atom stereocenters. The number of aryl methyl sites for hydroxylation is 1. The lowest BCUT2D eigenvalue weighted by molar-refractivity contribution is -0.132. The number of rotatable bonds is 7. The Balaban J connectivity index is 1.82. The molecule has 0 fully saturated rings. The molecular formula is C21H24N4OS. The lowest BCUT2D eigenvalue weighted by atomic mass is 10.1. The Labute approximate surface area is 164 Å². The molecule has 3 aromatic rings. The zero-order valence-electron chi connectivity index (χ0n) is 15.7. The van der Waals surface area contributed by atoms with E-state index in [1.165, 1.54) is 5.56 Å². The fourth-order valence-electron chi connectivity index (χ4n) is 2.99. The predicted octanol–water partition coefficient (Wildman–Crippen LogP) is 4.35. The van der Waals surface area contributed by atoms with Gasteiger partial charge in [0, 0.05) is 18.7 Å². The average Bonchev–Trinajstić information content (AvgIpc) is 3.03. The number of aromatic amines is 1. The molecule has 27 heavy (non-hydrogen) atoms. The van der Waals surface area contributed by atoms with Crippen molar-refractivity contribution in [2.24, 2.45) is 0 Å². The molecule has 0 saturated heterocycles. The minimum Gasteiger partial charge on any atom is -0.337 e. The van der Waals surface area contributed by atoms with Gasteiger partial charge in [-0.2, -0.15) is 5.10 Å². The van der Waals surface area contributed by atoms with Gasteiger partial charge in [0.05, 0.1) is 0 Å². The first kappa shape index (κ1) is 19.0. The van der Waals surface area contributed by atoms with Gasteiger partial charge in [-0.25, -0.2) is 0 Å². The van der Waals surface area contributed by atoms with E-state index in [1.54, 1.807) is 4.57 Å². The second-order valence-electron chi connectivity index (χ2n) is 6.61. The maximum atomic E-state index is 13.0. The zero-order chi connectivity index (χ0) is 19.2. The molecule has 6 heteroatoms. The fraction of sp³-hybridized carbons (Fsp3) is 0.286. The monoisotopic (exact) mass is 380 g/mol. The fourth-order valence-corrected chi connectivity index (χ4v) is 3.18. The van der Waals surface area contributed by atoms with E-state index in [9.17, 15) is 4.79 Å². The second-order valence-corrected chi connectivity index (χ2v) is 6.99. The summed E-state index contributed by atoms with van der Waals surface area (Å²) < 4.78 is 2.23. The van der Waals surface area contributed by atoms with Crippen LogP contribution < -0.4 is 0 Å². The Morgan fingerprint density at radius 3 is 2.52 bits per heavy atom. The normalized spacial score (nSPS) is 10.7. The summed E-state index contributed by atoms with van der Waals surface area (Å²) in [4.78, 5) is 14.9. The third-order valence-corrected chi connectivity index (χ3v) is 4.74. The highest BCUT2D eigenvalue weighted by Crippen LogP contribution is 2.18. The van der Waals surface area contributed by atoms with Crippen molar-refractivity contribution in [3.8, 4) is 11.4 Å². The van der Waals surface area contributed by atoms with Gasteiger partial charge in [0.25, 0.3) is 0 Å². The van der Waals surface area contributed by atoms with E-state index in [1.807, 2.05) is 66.4 Å². The molecule has 0 aliphatic heterocycles. The van der Waals surface area contributed by atoms with Crippen molar-refractivity contribution in [2.75, 3.05) is 6.54 Å². The molecule has 1 amide bonds. The van der Waals surface area contributed by atoms with Crippen LogP contribution >= 0.6 is 12.2 Å². The molecule has 5 nitrogen and oxygen atoms in total. The largest absolute Gasteiger partial charge is 0.337 e. The highest BCUT2D eigenvalue weighted by Gasteiger charge is 2.17. The third kappa shape index (κ3) is 4.71. The maximum absolute atomic E-state index is 13.0. The van der Waals surface area contributed by atoms with Crippen molar-refractivity contribution in [1.82, 2.24) is 19.7 Å². The van der Waals surface area contributed by atoms with Crippen LogP contribution in [0.5, 0.6) is 0 Å². The summed E-state index contributed by atoms with van der Waals surface area (Å²) in [5.74, 6) is 0.719. The number of hydrogen-bond donors (Lipinski definition) is 1. The number of carbonyl (C=O) groups excluding carboxylic acids is 1. The highest BCUT2D eigenvalue weighted by atomic mass is 32.1. The molecule has 0 radical (unpaired) electrons. The number of nitrogens with one attached hydrogen (secondary N) is 1. The van der Waals surface area contributed by atoms with E-state index >= 15 is 0 Å². The summed E-state index contributed by atoms with van der Waals surface area (Å²) in [6.07, 6.45) is 0.903. The minimum atomic E-state index is 0.0339. The van der Waals surface area contributed by atoms with E-state index in [0.717, 1.165) is 17.5 Å².